The lowest BCUT2D eigenvalue weighted by Crippen LogP contribution is -2.00. The summed E-state index contributed by atoms with van der Waals surface area (Å²) in [6.45, 7) is 6.61. The highest BCUT2D eigenvalue weighted by Gasteiger charge is 2.08. The molecule has 1 aromatic carbocycles. The highest BCUT2D eigenvalue weighted by molar-refractivity contribution is 5.34. The van der Waals surface area contributed by atoms with Crippen molar-refractivity contribution in [3.05, 3.63) is 47.8 Å². The fourth-order valence-electron chi connectivity index (χ4n) is 1.91. The SMILES string of the molecule is Cc1c(CC(C)C)cnn1-c1ccccc1. The molecule has 2 aromatic rings. The van der Waals surface area contributed by atoms with Gasteiger partial charge in [0.05, 0.1) is 11.9 Å². The molecule has 0 bridgehead atoms. The Morgan fingerprint density at radius 2 is 1.88 bits per heavy atom. The molecule has 84 valence electrons. The average Bonchev–Trinajstić information content (AvgIpc) is 2.61. The van der Waals surface area contributed by atoms with Crippen LogP contribution in [0, 0.1) is 12.8 Å². The smallest absolute Gasteiger partial charge is 0.0648 e. The maximum atomic E-state index is 4.46. The van der Waals surface area contributed by atoms with E-state index in [-0.39, 0.29) is 0 Å². The second kappa shape index (κ2) is 4.52. The van der Waals surface area contributed by atoms with Crippen LogP contribution in [-0.4, -0.2) is 9.78 Å². The third kappa shape index (κ3) is 2.16. The van der Waals surface area contributed by atoms with E-state index in [4.69, 9.17) is 0 Å². The van der Waals surface area contributed by atoms with Gasteiger partial charge in [-0.25, -0.2) is 4.68 Å². The molecule has 16 heavy (non-hydrogen) atoms. The molecular weight excluding hydrogens is 196 g/mol. The van der Waals surface area contributed by atoms with Crippen molar-refractivity contribution in [3.8, 4) is 5.69 Å². The Morgan fingerprint density at radius 1 is 1.19 bits per heavy atom. The van der Waals surface area contributed by atoms with Gasteiger partial charge in [-0.05, 0) is 37.0 Å². The molecule has 0 aliphatic rings. The summed E-state index contributed by atoms with van der Waals surface area (Å²) in [4.78, 5) is 0. The van der Waals surface area contributed by atoms with E-state index in [0.717, 1.165) is 12.1 Å². The molecule has 0 saturated carbocycles. The van der Waals surface area contributed by atoms with Gasteiger partial charge in [-0.3, -0.25) is 0 Å². The maximum Gasteiger partial charge on any atom is 0.0648 e. The highest BCUT2D eigenvalue weighted by Crippen LogP contribution is 2.16. The van der Waals surface area contributed by atoms with Crippen LogP contribution in [0.15, 0.2) is 36.5 Å². The molecule has 0 unspecified atom stereocenters. The van der Waals surface area contributed by atoms with Crippen molar-refractivity contribution in [1.82, 2.24) is 9.78 Å². The normalized spacial score (nSPS) is 11.0. The Morgan fingerprint density at radius 3 is 2.50 bits per heavy atom. The number of nitrogens with zero attached hydrogens (tertiary/aromatic N) is 2. The van der Waals surface area contributed by atoms with Crippen molar-refractivity contribution in [2.75, 3.05) is 0 Å². The minimum atomic E-state index is 0.673. The Bertz CT molecular complexity index is 455. The fourth-order valence-corrected chi connectivity index (χ4v) is 1.91. The monoisotopic (exact) mass is 214 g/mol. The van der Waals surface area contributed by atoms with Crippen molar-refractivity contribution >= 4 is 0 Å². The number of hydrogen-bond donors (Lipinski definition) is 0. The van der Waals surface area contributed by atoms with E-state index in [9.17, 15) is 0 Å². The van der Waals surface area contributed by atoms with E-state index in [0.29, 0.717) is 5.92 Å². The van der Waals surface area contributed by atoms with Crippen LogP contribution in [0.1, 0.15) is 25.1 Å². The standard InChI is InChI=1S/C14H18N2/c1-11(2)9-13-10-15-16(12(13)3)14-7-5-4-6-8-14/h4-8,10-11H,9H2,1-3H3. The predicted molar refractivity (Wildman–Crippen MR) is 66.8 cm³/mol. The zero-order valence-electron chi connectivity index (χ0n) is 10.1. The highest BCUT2D eigenvalue weighted by atomic mass is 15.3. The van der Waals surface area contributed by atoms with Crippen LogP contribution >= 0.6 is 0 Å². The summed E-state index contributed by atoms with van der Waals surface area (Å²) in [6, 6.07) is 10.3. The lowest BCUT2D eigenvalue weighted by molar-refractivity contribution is 0.644. The third-order valence-corrected chi connectivity index (χ3v) is 2.74. The van der Waals surface area contributed by atoms with E-state index in [2.05, 4.69) is 38.0 Å². The summed E-state index contributed by atoms with van der Waals surface area (Å²) in [5.74, 6) is 0.673. The lowest BCUT2D eigenvalue weighted by Gasteiger charge is -2.06. The predicted octanol–water partition coefficient (Wildman–Crippen LogP) is 3.38. The molecule has 2 nitrogen and oxygen atoms in total. The van der Waals surface area contributed by atoms with Crippen LogP contribution < -0.4 is 0 Å². The van der Waals surface area contributed by atoms with Crippen molar-refractivity contribution < 1.29 is 0 Å². The largest absolute Gasteiger partial charge is 0.238 e. The van der Waals surface area contributed by atoms with Gasteiger partial charge in [0.1, 0.15) is 0 Å². The van der Waals surface area contributed by atoms with Crippen molar-refractivity contribution in [2.45, 2.75) is 27.2 Å². The van der Waals surface area contributed by atoms with E-state index in [1.54, 1.807) is 0 Å². The zero-order chi connectivity index (χ0) is 11.5. The number of hydrogen-bond acceptors (Lipinski definition) is 1. The Kier molecular flexibility index (Phi) is 3.09. The van der Waals surface area contributed by atoms with Crippen molar-refractivity contribution in [3.63, 3.8) is 0 Å². The average molecular weight is 214 g/mol. The maximum absolute atomic E-state index is 4.46. The third-order valence-electron chi connectivity index (χ3n) is 2.74. The minimum absolute atomic E-state index is 0.673. The van der Waals surface area contributed by atoms with Crippen LogP contribution in [-0.2, 0) is 6.42 Å². The number of rotatable bonds is 3. The molecule has 0 amide bonds. The second-order valence-electron chi connectivity index (χ2n) is 4.60. The first-order valence-electron chi connectivity index (χ1n) is 5.77. The number of aromatic nitrogens is 2. The van der Waals surface area contributed by atoms with E-state index >= 15 is 0 Å². The molecular formula is C14H18N2. The van der Waals surface area contributed by atoms with E-state index < -0.39 is 0 Å². The Balaban J connectivity index is 2.34. The molecule has 0 saturated heterocycles. The van der Waals surface area contributed by atoms with Crippen LogP contribution in [0.3, 0.4) is 0 Å². The van der Waals surface area contributed by atoms with Gasteiger partial charge >= 0.3 is 0 Å². The summed E-state index contributed by atoms with van der Waals surface area (Å²) in [7, 11) is 0. The summed E-state index contributed by atoms with van der Waals surface area (Å²) in [5.41, 5.74) is 3.73. The number of benzene rings is 1. The van der Waals surface area contributed by atoms with Gasteiger partial charge in [0.15, 0.2) is 0 Å². The lowest BCUT2D eigenvalue weighted by atomic mass is 10.0. The molecule has 0 N–H and O–H groups in total. The topological polar surface area (TPSA) is 17.8 Å². The number of para-hydroxylation sites is 1. The van der Waals surface area contributed by atoms with Crippen molar-refractivity contribution in [2.24, 2.45) is 5.92 Å². The van der Waals surface area contributed by atoms with Gasteiger partial charge in [-0.1, -0.05) is 32.0 Å². The quantitative estimate of drug-likeness (QED) is 0.766. The Labute approximate surface area is 96.9 Å². The van der Waals surface area contributed by atoms with Gasteiger partial charge in [-0.15, -0.1) is 0 Å². The van der Waals surface area contributed by atoms with Crippen LogP contribution in [0.25, 0.3) is 5.69 Å². The first-order chi connectivity index (χ1) is 7.68. The minimum Gasteiger partial charge on any atom is -0.238 e. The van der Waals surface area contributed by atoms with Gasteiger partial charge in [0.25, 0.3) is 0 Å². The molecule has 0 spiro atoms. The van der Waals surface area contributed by atoms with Crippen LogP contribution in [0.2, 0.25) is 0 Å². The van der Waals surface area contributed by atoms with Gasteiger partial charge in [0.2, 0.25) is 0 Å². The first-order valence-corrected chi connectivity index (χ1v) is 5.77. The molecule has 1 aromatic heterocycles. The van der Waals surface area contributed by atoms with Crippen LogP contribution in [0.5, 0.6) is 0 Å². The van der Waals surface area contributed by atoms with Gasteiger partial charge < -0.3 is 0 Å². The molecule has 0 atom stereocenters. The first kappa shape index (κ1) is 10.9. The molecule has 2 heteroatoms. The van der Waals surface area contributed by atoms with E-state index in [1.807, 2.05) is 29.1 Å². The molecule has 0 radical (unpaired) electrons. The summed E-state index contributed by atoms with van der Waals surface area (Å²) < 4.78 is 2.01. The molecule has 1 heterocycles. The molecule has 2 rings (SSSR count). The van der Waals surface area contributed by atoms with Crippen LogP contribution in [0.4, 0.5) is 0 Å². The Hall–Kier alpha value is -1.57. The zero-order valence-corrected chi connectivity index (χ0v) is 10.1. The molecule has 0 fully saturated rings. The van der Waals surface area contributed by atoms with E-state index in [1.165, 1.54) is 11.3 Å². The van der Waals surface area contributed by atoms with Crippen molar-refractivity contribution in [1.29, 1.82) is 0 Å². The molecule has 0 aliphatic carbocycles. The summed E-state index contributed by atoms with van der Waals surface area (Å²) in [5, 5.41) is 4.46. The summed E-state index contributed by atoms with van der Waals surface area (Å²) in [6.07, 6.45) is 3.08. The van der Waals surface area contributed by atoms with Gasteiger partial charge in [-0.2, -0.15) is 5.10 Å². The fraction of sp³-hybridized carbons (Fsp3) is 0.357. The second-order valence-corrected chi connectivity index (χ2v) is 4.60. The molecule has 0 aliphatic heterocycles. The summed E-state index contributed by atoms with van der Waals surface area (Å²) >= 11 is 0. The van der Waals surface area contributed by atoms with Gasteiger partial charge in [0, 0.05) is 5.69 Å².